The fraction of sp³-hybridized carbons (Fsp3) is 0.278. The zero-order chi connectivity index (χ0) is 17.1. The molecule has 6 heteroatoms. The number of hydrogen-bond donors (Lipinski definition) is 1. The molecular weight excluding hydrogens is 330 g/mol. The minimum atomic E-state index is -0.601. The highest BCUT2D eigenvalue weighted by atomic mass is 35.5. The molecule has 1 heterocycles. The predicted molar refractivity (Wildman–Crippen MR) is 91.9 cm³/mol. The third-order valence-corrected chi connectivity index (χ3v) is 4.24. The zero-order valence-corrected chi connectivity index (χ0v) is 14.0. The highest BCUT2D eigenvalue weighted by Crippen LogP contribution is 2.36. The Morgan fingerprint density at radius 2 is 1.96 bits per heavy atom. The molecule has 0 aliphatic carbocycles. The summed E-state index contributed by atoms with van der Waals surface area (Å²) in [6.07, 6.45) is -0.122. The third-order valence-electron chi connectivity index (χ3n) is 3.99. The molecule has 0 spiro atoms. The summed E-state index contributed by atoms with van der Waals surface area (Å²) in [6.45, 7) is 0.368. The molecular formula is C18H18ClNO4. The number of ether oxygens (including phenoxy) is 2. The highest BCUT2D eigenvalue weighted by molar-refractivity contribution is 6.30. The molecule has 0 saturated heterocycles. The van der Waals surface area contributed by atoms with Crippen LogP contribution in [0.4, 0.5) is 5.69 Å². The van der Waals surface area contributed by atoms with Crippen LogP contribution in [0.2, 0.25) is 5.02 Å². The van der Waals surface area contributed by atoms with Crippen molar-refractivity contribution in [3.63, 3.8) is 0 Å². The van der Waals surface area contributed by atoms with E-state index in [0.29, 0.717) is 40.7 Å². The summed E-state index contributed by atoms with van der Waals surface area (Å²) in [6, 6.07) is 12.2. The minimum Gasteiger partial charge on any atom is -0.497 e. The maximum Gasteiger partial charge on any atom is 0.264 e. The van der Waals surface area contributed by atoms with Crippen molar-refractivity contribution < 1.29 is 19.4 Å². The molecule has 0 saturated carbocycles. The van der Waals surface area contributed by atoms with Crippen molar-refractivity contribution in [2.45, 2.75) is 12.5 Å². The van der Waals surface area contributed by atoms with Gasteiger partial charge in [-0.2, -0.15) is 0 Å². The van der Waals surface area contributed by atoms with Gasteiger partial charge in [0.25, 0.3) is 5.91 Å². The van der Waals surface area contributed by atoms with E-state index in [9.17, 15) is 9.90 Å². The second kappa shape index (κ2) is 7.11. The van der Waals surface area contributed by atoms with Crippen molar-refractivity contribution in [3.05, 3.63) is 53.1 Å². The number of amides is 1. The maximum absolute atomic E-state index is 12.5. The number of anilines is 1. The van der Waals surface area contributed by atoms with Gasteiger partial charge in [0.1, 0.15) is 11.5 Å². The van der Waals surface area contributed by atoms with Crippen LogP contribution in [0.25, 0.3) is 0 Å². The van der Waals surface area contributed by atoms with Gasteiger partial charge in [-0.25, -0.2) is 0 Å². The van der Waals surface area contributed by atoms with Gasteiger partial charge < -0.3 is 19.5 Å². The predicted octanol–water partition coefficient (Wildman–Crippen LogP) is 3.20. The molecule has 126 valence electrons. The van der Waals surface area contributed by atoms with Gasteiger partial charge >= 0.3 is 0 Å². The molecule has 3 rings (SSSR count). The summed E-state index contributed by atoms with van der Waals surface area (Å²) in [4.78, 5) is 14.2. The maximum atomic E-state index is 12.5. The molecule has 0 fully saturated rings. The number of benzene rings is 2. The number of aliphatic hydroxyl groups excluding tert-OH is 1. The van der Waals surface area contributed by atoms with Crippen LogP contribution >= 0.6 is 11.6 Å². The summed E-state index contributed by atoms with van der Waals surface area (Å²) in [5, 5.41) is 10.8. The molecule has 2 aromatic carbocycles. The Balaban J connectivity index is 1.74. The molecule has 2 aromatic rings. The average Bonchev–Trinajstić information content (AvgIpc) is 2.61. The number of halogens is 1. The number of methoxy groups -OCH3 is 1. The first kappa shape index (κ1) is 16.6. The lowest BCUT2D eigenvalue weighted by atomic mass is 9.98. The fourth-order valence-electron chi connectivity index (χ4n) is 2.71. The molecule has 0 radical (unpaired) electrons. The Bertz CT molecular complexity index is 732. The van der Waals surface area contributed by atoms with E-state index in [1.807, 2.05) is 0 Å². The SMILES string of the molecule is COc1ccc2c(c1)C(O)CCN2C(=O)COc1ccc(Cl)cc1. The highest BCUT2D eigenvalue weighted by Gasteiger charge is 2.28. The summed E-state index contributed by atoms with van der Waals surface area (Å²) >= 11 is 5.83. The summed E-state index contributed by atoms with van der Waals surface area (Å²) in [7, 11) is 1.57. The lowest BCUT2D eigenvalue weighted by molar-refractivity contribution is -0.120. The average molecular weight is 348 g/mol. The van der Waals surface area contributed by atoms with E-state index in [4.69, 9.17) is 21.1 Å². The van der Waals surface area contributed by atoms with Crippen LogP contribution in [-0.4, -0.2) is 31.3 Å². The molecule has 1 unspecified atom stereocenters. The second-order valence-corrected chi connectivity index (χ2v) is 5.95. The summed E-state index contributed by atoms with van der Waals surface area (Å²) < 4.78 is 10.7. The van der Waals surface area contributed by atoms with Crippen LogP contribution in [0.3, 0.4) is 0 Å². The monoisotopic (exact) mass is 347 g/mol. The van der Waals surface area contributed by atoms with Gasteiger partial charge in [-0.15, -0.1) is 0 Å². The normalized spacial score (nSPS) is 16.5. The van der Waals surface area contributed by atoms with Crippen LogP contribution in [0.5, 0.6) is 11.5 Å². The largest absolute Gasteiger partial charge is 0.497 e. The first-order valence-corrected chi connectivity index (χ1v) is 8.01. The van der Waals surface area contributed by atoms with Gasteiger partial charge in [-0.3, -0.25) is 4.79 Å². The molecule has 1 atom stereocenters. The Kier molecular flexibility index (Phi) is 4.92. The Hall–Kier alpha value is -2.24. The van der Waals surface area contributed by atoms with Crippen LogP contribution < -0.4 is 14.4 Å². The molecule has 0 aromatic heterocycles. The summed E-state index contributed by atoms with van der Waals surface area (Å²) in [5.74, 6) is 1.07. The first-order chi connectivity index (χ1) is 11.6. The van der Waals surface area contributed by atoms with Gasteiger partial charge in [-0.1, -0.05) is 11.6 Å². The standard InChI is InChI=1S/C18H18ClNO4/c1-23-14-6-7-16-15(10-14)17(21)8-9-20(16)18(22)11-24-13-4-2-12(19)3-5-13/h2-7,10,17,21H,8-9,11H2,1H3. The molecule has 1 aliphatic rings. The van der Waals surface area contributed by atoms with E-state index >= 15 is 0 Å². The van der Waals surface area contributed by atoms with Crippen molar-refractivity contribution in [2.75, 3.05) is 25.2 Å². The molecule has 1 aliphatic heterocycles. The fourth-order valence-corrected chi connectivity index (χ4v) is 2.84. The smallest absolute Gasteiger partial charge is 0.264 e. The second-order valence-electron chi connectivity index (χ2n) is 5.52. The lowest BCUT2D eigenvalue weighted by Crippen LogP contribution is -2.39. The minimum absolute atomic E-state index is 0.0802. The third kappa shape index (κ3) is 3.47. The first-order valence-electron chi connectivity index (χ1n) is 7.63. The van der Waals surface area contributed by atoms with Gasteiger partial charge in [-0.05, 0) is 48.9 Å². The molecule has 24 heavy (non-hydrogen) atoms. The van der Waals surface area contributed by atoms with Gasteiger partial charge in [0.05, 0.1) is 13.2 Å². The summed E-state index contributed by atoms with van der Waals surface area (Å²) in [5.41, 5.74) is 1.39. The molecule has 1 N–H and O–H groups in total. The van der Waals surface area contributed by atoms with Crippen LogP contribution in [0.1, 0.15) is 18.1 Å². The van der Waals surface area contributed by atoms with Crippen LogP contribution in [0, 0.1) is 0 Å². The van der Waals surface area contributed by atoms with E-state index in [1.54, 1.807) is 54.5 Å². The number of fused-ring (bicyclic) bond motifs is 1. The van der Waals surface area contributed by atoms with Crippen LogP contribution in [0.15, 0.2) is 42.5 Å². The number of rotatable bonds is 4. The van der Waals surface area contributed by atoms with Crippen molar-refractivity contribution in [3.8, 4) is 11.5 Å². The van der Waals surface area contributed by atoms with Crippen molar-refractivity contribution >= 4 is 23.2 Å². The Morgan fingerprint density at radius 1 is 1.25 bits per heavy atom. The van der Waals surface area contributed by atoms with Gasteiger partial charge in [0, 0.05) is 22.8 Å². The van der Waals surface area contributed by atoms with E-state index in [-0.39, 0.29) is 12.5 Å². The Morgan fingerprint density at radius 3 is 2.67 bits per heavy atom. The molecule has 1 amide bonds. The lowest BCUT2D eigenvalue weighted by Gasteiger charge is -2.32. The number of nitrogens with zero attached hydrogens (tertiary/aromatic N) is 1. The zero-order valence-electron chi connectivity index (χ0n) is 13.2. The number of carbonyl (C=O) groups is 1. The number of hydrogen-bond acceptors (Lipinski definition) is 4. The number of aliphatic hydroxyl groups is 1. The Labute approximate surface area is 145 Å². The van der Waals surface area contributed by atoms with E-state index in [2.05, 4.69) is 0 Å². The van der Waals surface area contributed by atoms with Gasteiger partial charge in [0.2, 0.25) is 0 Å². The van der Waals surface area contributed by atoms with Crippen molar-refractivity contribution in [2.24, 2.45) is 0 Å². The van der Waals surface area contributed by atoms with E-state index in [1.165, 1.54) is 0 Å². The van der Waals surface area contributed by atoms with Crippen LogP contribution in [-0.2, 0) is 4.79 Å². The van der Waals surface area contributed by atoms with E-state index in [0.717, 1.165) is 0 Å². The van der Waals surface area contributed by atoms with E-state index < -0.39 is 6.10 Å². The van der Waals surface area contributed by atoms with Crippen molar-refractivity contribution in [1.29, 1.82) is 0 Å². The number of carbonyl (C=O) groups excluding carboxylic acids is 1. The van der Waals surface area contributed by atoms with Gasteiger partial charge in [0.15, 0.2) is 6.61 Å². The topological polar surface area (TPSA) is 59.0 Å². The van der Waals surface area contributed by atoms with Crippen molar-refractivity contribution in [1.82, 2.24) is 0 Å². The molecule has 5 nitrogen and oxygen atoms in total. The molecule has 0 bridgehead atoms. The quantitative estimate of drug-likeness (QED) is 0.922.